The number of anilines is 2. The number of carbonyl (C=O) groups is 2. The number of amides is 2. The van der Waals surface area contributed by atoms with Crippen molar-refractivity contribution >= 4 is 33.2 Å². The standard InChI is InChI=1S/C22H27N3O4S/c1-14-10-15(2)21(16(3)11-14)23-20(26)13-24(4)22(27)18-6-7-19-17(12-18)8-9-25(19)30(5,28)29/h6-7,10-12H,8-9,13H2,1-5H3,(H,23,26). The number of benzene rings is 2. The van der Waals surface area contributed by atoms with E-state index in [-0.39, 0.29) is 18.4 Å². The van der Waals surface area contributed by atoms with Gasteiger partial charge in [0, 0.05) is 24.8 Å². The maximum absolute atomic E-state index is 12.8. The molecule has 2 aromatic carbocycles. The third-order valence-electron chi connectivity index (χ3n) is 5.25. The zero-order valence-electron chi connectivity index (χ0n) is 17.9. The molecular weight excluding hydrogens is 402 g/mol. The molecule has 0 aromatic heterocycles. The smallest absolute Gasteiger partial charge is 0.254 e. The Bertz CT molecular complexity index is 1100. The molecule has 2 amide bonds. The van der Waals surface area contributed by atoms with Gasteiger partial charge in [-0.1, -0.05) is 17.7 Å². The maximum Gasteiger partial charge on any atom is 0.254 e. The molecule has 0 aliphatic carbocycles. The lowest BCUT2D eigenvalue weighted by atomic mass is 10.1. The normalized spacial score (nSPS) is 13.2. The van der Waals surface area contributed by atoms with Gasteiger partial charge in [-0.25, -0.2) is 8.42 Å². The van der Waals surface area contributed by atoms with E-state index in [1.807, 2.05) is 32.9 Å². The summed E-state index contributed by atoms with van der Waals surface area (Å²) in [5.74, 6) is -0.562. The van der Waals surface area contributed by atoms with Gasteiger partial charge in [0.25, 0.3) is 5.91 Å². The molecule has 0 spiro atoms. The molecule has 1 N–H and O–H groups in total. The Morgan fingerprint density at radius 3 is 2.33 bits per heavy atom. The zero-order valence-corrected chi connectivity index (χ0v) is 18.8. The molecule has 0 radical (unpaired) electrons. The van der Waals surface area contributed by atoms with E-state index in [1.165, 1.54) is 15.5 Å². The molecule has 3 rings (SSSR count). The number of sulfonamides is 1. The van der Waals surface area contributed by atoms with Crippen molar-refractivity contribution in [1.29, 1.82) is 0 Å². The average molecular weight is 430 g/mol. The minimum Gasteiger partial charge on any atom is -0.332 e. The lowest BCUT2D eigenvalue weighted by Gasteiger charge is -2.19. The highest BCUT2D eigenvalue weighted by Gasteiger charge is 2.27. The van der Waals surface area contributed by atoms with Crippen molar-refractivity contribution in [3.63, 3.8) is 0 Å². The van der Waals surface area contributed by atoms with Crippen molar-refractivity contribution in [3.8, 4) is 0 Å². The fourth-order valence-corrected chi connectivity index (χ4v) is 4.87. The average Bonchev–Trinajstić information content (AvgIpc) is 3.07. The number of rotatable bonds is 5. The Balaban J connectivity index is 1.70. The van der Waals surface area contributed by atoms with Gasteiger partial charge in [0.15, 0.2) is 0 Å². The number of nitrogens with one attached hydrogen (secondary N) is 1. The molecule has 30 heavy (non-hydrogen) atoms. The minimum atomic E-state index is -3.34. The van der Waals surface area contributed by atoms with E-state index in [4.69, 9.17) is 0 Å². The highest BCUT2D eigenvalue weighted by molar-refractivity contribution is 7.92. The van der Waals surface area contributed by atoms with Crippen LogP contribution in [0.4, 0.5) is 11.4 Å². The summed E-state index contributed by atoms with van der Waals surface area (Å²) in [7, 11) is -1.76. The summed E-state index contributed by atoms with van der Waals surface area (Å²) >= 11 is 0. The molecule has 1 aliphatic heterocycles. The number of nitrogens with zero attached hydrogens (tertiary/aromatic N) is 2. The van der Waals surface area contributed by atoms with Crippen LogP contribution in [0.1, 0.15) is 32.6 Å². The van der Waals surface area contributed by atoms with Gasteiger partial charge in [-0.15, -0.1) is 0 Å². The first kappa shape index (κ1) is 21.8. The quantitative estimate of drug-likeness (QED) is 0.792. The monoisotopic (exact) mass is 429 g/mol. The van der Waals surface area contributed by atoms with Crippen LogP contribution in [0.3, 0.4) is 0 Å². The van der Waals surface area contributed by atoms with E-state index in [0.717, 1.165) is 27.9 Å². The molecule has 8 heteroatoms. The van der Waals surface area contributed by atoms with Crippen molar-refractivity contribution in [2.45, 2.75) is 27.2 Å². The van der Waals surface area contributed by atoms with E-state index in [0.29, 0.717) is 24.2 Å². The Morgan fingerprint density at radius 1 is 1.10 bits per heavy atom. The second-order valence-corrected chi connectivity index (χ2v) is 9.82. The van der Waals surface area contributed by atoms with Gasteiger partial charge < -0.3 is 10.2 Å². The fourth-order valence-electron chi connectivity index (χ4n) is 3.91. The molecule has 7 nitrogen and oxygen atoms in total. The van der Waals surface area contributed by atoms with E-state index in [1.54, 1.807) is 25.2 Å². The van der Waals surface area contributed by atoms with Crippen molar-refractivity contribution in [3.05, 3.63) is 58.1 Å². The number of aryl methyl sites for hydroxylation is 3. The van der Waals surface area contributed by atoms with Crippen LogP contribution < -0.4 is 9.62 Å². The van der Waals surface area contributed by atoms with Crippen molar-refractivity contribution in [2.24, 2.45) is 0 Å². The Labute approximate surface area is 177 Å². The molecule has 0 unspecified atom stereocenters. The zero-order chi connectivity index (χ0) is 22.2. The van der Waals surface area contributed by atoms with Gasteiger partial charge in [0.1, 0.15) is 0 Å². The topological polar surface area (TPSA) is 86.8 Å². The van der Waals surface area contributed by atoms with E-state index < -0.39 is 10.0 Å². The van der Waals surface area contributed by atoms with Crippen LogP contribution in [-0.4, -0.2) is 51.5 Å². The highest BCUT2D eigenvalue weighted by atomic mass is 32.2. The summed E-state index contributed by atoms with van der Waals surface area (Å²) in [5.41, 5.74) is 5.70. The second kappa shape index (κ2) is 8.10. The summed E-state index contributed by atoms with van der Waals surface area (Å²) in [6.45, 7) is 6.17. The SMILES string of the molecule is Cc1cc(C)c(NC(=O)CN(C)C(=O)c2ccc3c(c2)CCN3S(C)(=O)=O)c(C)c1. The summed E-state index contributed by atoms with van der Waals surface area (Å²) in [4.78, 5) is 26.7. The van der Waals surface area contributed by atoms with Crippen LogP contribution in [0.25, 0.3) is 0 Å². The summed E-state index contributed by atoms with van der Waals surface area (Å²) < 4.78 is 25.1. The van der Waals surface area contributed by atoms with Crippen LogP contribution in [0, 0.1) is 20.8 Å². The molecule has 1 aliphatic rings. The number of fused-ring (bicyclic) bond motifs is 1. The van der Waals surface area contributed by atoms with Gasteiger partial charge in [0.05, 0.1) is 18.5 Å². The summed E-state index contributed by atoms with van der Waals surface area (Å²) in [6, 6.07) is 8.98. The fraction of sp³-hybridized carbons (Fsp3) is 0.364. The molecule has 0 atom stereocenters. The van der Waals surface area contributed by atoms with Crippen LogP contribution >= 0.6 is 0 Å². The molecule has 2 aromatic rings. The Hall–Kier alpha value is -2.87. The third-order valence-corrected chi connectivity index (χ3v) is 6.43. The first-order chi connectivity index (χ1) is 14.0. The van der Waals surface area contributed by atoms with E-state index in [2.05, 4.69) is 5.32 Å². The van der Waals surface area contributed by atoms with Crippen LogP contribution in [0.5, 0.6) is 0 Å². The molecule has 0 saturated heterocycles. The Morgan fingerprint density at radius 2 is 1.73 bits per heavy atom. The molecule has 1 heterocycles. The molecule has 0 saturated carbocycles. The maximum atomic E-state index is 12.8. The van der Waals surface area contributed by atoms with Crippen LogP contribution in [-0.2, 0) is 21.2 Å². The van der Waals surface area contributed by atoms with Gasteiger partial charge in [-0.05, 0) is 62.1 Å². The summed E-state index contributed by atoms with van der Waals surface area (Å²) in [5, 5.41) is 2.90. The molecular formula is C22H27N3O4S. The first-order valence-electron chi connectivity index (χ1n) is 9.71. The van der Waals surface area contributed by atoms with Gasteiger partial charge in [-0.2, -0.15) is 0 Å². The van der Waals surface area contributed by atoms with Gasteiger partial charge in [0.2, 0.25) is 15.9 Å². The lowest BCUT2D eigenvalue weighted by molar-refractivity contribution is -0.116. The van der Waals surface area contributed by atoms with Crippen LogP contribution in [0.15, 0.2) is 30.3 Å². The highest BCUT2D eigenvalue weighted by Crippen LogP contribution is 2.31. The predicted octanol–water partition coefficient (Wildman–Crippen LogP) is 2.64. The number of carbonyl (C=O) groups excluding carboxylic acids is 2. The molecule has 0 bridgehead atoms. The van der Waals surface area contributed by atoms with Crippen molar-refractivity contribution < 1.29 is 18.0 Å². The predicted molar refractivity (Wildman–Crippen MR) is 119 cm³/mol. The summed E-state index contributed by atoms with van der Waals surface area (Å²) in [6.07, 6.45) is 1.73. The Kier molecular flexibility index (Phi) is 5.90. The number of likely N-dealkylation sites (N-methyl/N-ethyl adjacent to an activating group) is 1. The molecule has 0 fully saturated rings. The van der Waals surface area contributed by atoms with Crippen molar-refractivity contribution in [2.75, 3.05) is 36.0 Å². The second-order valence-electron chi connectivity index (χ2n) is 7.91. The van der Waals surface area contributed by atoms with E-state index in [9.17, 15) is 18.0 Å². The molecule has 160 valence electrons. The number of hydrogen-bond acceptors (Lipinski definition) is 4. The third kappa shape index (κ3) is 4.48. The minimum absolute atomic E-state index is 0.0852. The largest absolute Gasteiger partial charge is 0.332 e. The lowest BCUT2D eigenvalue weighted by Crippen LogP contribution is -2.35. The first-order valence-corrected chi connectivity index (χ1v) is 11.6. The number of hydrogen-bond donors (Lipinski definition) is 1. The van der Waals surface area contributed by atoms with Gasteiger partial charge >= 0.3 is 0 Å². The van der Waals surface area contributed by atoms with Gasteiger partial charge in [-0.3, -0.25) is 13.9 Å². The van der Waals surface area contributed by atoms with Crippen LogP contribution in [0.2, 0.25) is 0 Å². The van der Waals surface area contributed by atoms with E-state index >= 15 is 0 Å². The van der Waals surface area contributed by atoms with Crippen molar-refractivity contribution in [1.82, 2.24) is 4.90 Å².